The number of ether oxygens (including phenoxy) is 3. The molecule has 242 valence electrons. The third kappa shape index (κ3) is 7.43. The number of aryl methyl sites for hydroxylation is 1. The second-order valence-electron chi connectivity index (χ2n) is 11.4. The van der Waals surface area contributed by atoms with E-state index in [4.69, 9.17) is 24.4 Å². The van der Waals surface area contributed by atoms with Crippen LogP contribution >= 0.6 is 0 Å². The third-order valence-electron chi connectivity index (χ3n) is 8.13. The van der Waals surface area contributed by atoms with Gasteiger partial charge in [-0.3, -0.25) is 9.59 Å². The summed E-state index contributed by atoms with van der Waals surface area (Å²) in [4.78, 5) is 49.0. The summed E-state index contributed by atoms with van der Waals surface area (Å²) < 4.78 is 22.0. The van der Waals surface area contributed by atoms with Gasteiger partial charge in [0.1, 0.15) is 41.7 Å². The van der Waals surface area contributed by atoms with Gasteiger partial charge in [0.25, 0.3) is 5.91 Å². The second-order valence-corrected chi connectivity index (χ2v) is 11.4. The van der Waals surface area contributed by atoms with Crippen LogP contribution in [0.4, 0.5) is 5.69 Å². The van der Waals surface area contributed by atoms with Crippen LogP contribution in [0.3, 0.4) is 0 Å². The molecule has 1 aromatic heterocycles. The van der Waals surface area contributed by atoms with Crippen molar-refractivity contribution in [1.29, 1.82) is 0 Å². The van der Waals surface area contributed by atoms with Crippen molar-refractivity contribution in [3.63, 3.8) is 0 Å². The Morgan fingerprint density at radius 1 is 1.07 bits per heavy atom. The van der Waals surface area contributed by atoms with Gasteiger partial charge in [-0.05, 0) is 43.0 Å². The first kappa shape index (κ1) is 32.3. The minimum Gasteiger partial charge on any atom is -0.454 e. The Morgan fingerprint density at radius 2 is 1.87 bits per heavy atom. The first-order valence-electron chi connectivity index (χ1n) is 14.8. The summed E-state index contributed by atoms with van der Waals surface area (Å²) in [5.74, 6) is -1.29. The van der Waals surface area contributed by atoms with E-state index in [1.165, 1.54) is 12.1 Å². The van der Waals surface area contributed by atoms with E-state index in [-0.39, 0.29) is 24.4 Å². The molecule has 0 bridgehead atoms. The van der Waals surface area contributed by atoms with Gasteiger partial charge in [-0.2, -0.15) is 0 Å². The summed E-state index contributed by atoms with van der Waals surface area (Å²) in [7, 11) is 0. The van der Waals surface area contributed by atoms with Crippen molar-refractivity contribution in [2.24, 2.45) is 0 Å². The molecule has 2 aliphatic heterocycles. The third-order valence-corrected chi connectivity index (χ3v) is 8.13. The molecule has 2 amide bonds. The minimum absolute atomic E-state index is 0.0649. The second kappa shape index (κ2) is 13.9. The maximum Gasteiger partial charge on any atom is 0.349 e. The zero-order valence-electron chi connectivity index (χ0n) is 24.6. The molecule has 5 rings (SSSR count). The smallest absolute Gasteiger partial charge is 0.349 e. The number of fused-ring (bicyclic) bond motifs is 2. The highest BCUT2D eigenvalue weighted by atomic mass is 16.7. The monoisotopic (exact) mass is 627 g/mol. The average Bonchev–Trinajstić information content (AvgIpc) is 3.37. The Morgan fingerprint density at radius 3 is 2.67 bits per heavy atom. The van der Waals surface area contributed by atoms with Crippen molar-refractivity contribution in [2.75, 3.05) is 18.8 Å². The zero-order valence-corrected chi connectivity index (χ0v) is 24.6. The Kier molecular flexibility index (Phi) is 9.99. The van der Waals surface area contributed by atoms with Crippen LogP contribution in [-0.4, -0.2) is 89.1 Å². The standard InChI is InChI=1S/C31H37N3O11/c1-15-19-9-7-17(32)12-21(19)44-30(41)25(15)29(40)33-10-4-2-3-5-23(35)34-14-22-26(37)27(38)28(39)31(45-22)42-18-8-6-16-11-24(36)43-20(16)13-18/h6-9,11-12,18,20,22,26-28,31,37-39H,2-5,10,13-14,32H2,1H3,(H,33,40)(H,34,35)/t18-,20-,22-,26+,27+,28-,31-/m1/s1. The number of anilines is 1. The fourth-order valence-electron chi connectivity index (χ4n) is 5.61. The van der Waals surface area contributed by atoms with Crippen molar-refractivity contribution in [2.45, 2.75) is 81.9 Å². The molecule has 1 aromatic carbocycles. The molecule has 14 heteroatoms. The summed E-state index contributed by atoms with van der Waals surface area (Å²) in [5.41, 5.74) is 6.91. The van der Waals surface area contributed by atoms with E-state index in [9.17, 15) is 34.5 Å². The van der Waals surface area contributed by atoms with E-state index in [0.29, 0.717) is 54.4 Å². The Bertz CT molecular complexity index is 1570. The number of hydrogen-bond donors (Lipinski definition) is 6. The first-order chi connectivity index (χ1) is 21.5. The van der Waals surface area contributed by atoms with Crippen molar-refractivity contribution in [3.8, 4) is 0 Å². The number of rotatable bonds is 11. The zero-order chi connectivity index (χ0) is 32.2. The number of hydrogen-bond acceptors (Lipinski definition) is 12. The molecule has 14 nitrogen and oxygen atoms in total. The molecule has 0 unspecified atom stereocenters. The lowest BCUT2D eigenvalue weighted by Crippen LogP contribution is -2.61. The van der Waals surface area contributed by atoms with E-state index >= 15 is 0 Å². The van der Waals surface area contributed by atoms with Crippen LogP contribution in [0.25, 0.3) is 11.0 Å². The minimum atomic E-state index is -1.57. The maximum atomic E-state index is 12.7. The van der Waals surface area contributed by atoms with Crippen molar-refractivity contribution in [3.05, 3.63) is 63.5 Å². The van der Waals surface area contributed by atoms with Gasteiger partial charge in [0.15, 0.2) is 6.29 Å². The molecule has 2 aromatic rings. The topological polar surface area (TPSA) is 220 Å². The normalized spacial score (nSPS) is 27.5. The van der Waals surface area contributed by atoms with Gasteiger partial charge in [-0.1, -0.05) is 18.6 Å². The van der Waals surface area contributed by atoms with E-state index in [1.807, 2.05) is 0 Å². The van der Waals surface area contributed by atoms with Crippen LogP contribution in [0.5, 0.6) is 0 Å². The molecule has 7 atom stereocenters. The number of amides is 2. The maximum absolute atomic E-state index is 12.7. The van der Waals surface area contributed by atoms with Crippen molar-refractivity contribution < 1.29 is 48.3 Å². The summed E-state index contributed by atoms with van der Waals surface area (Å²) in [6, 6.07) is 4.89. The number of benzene rings is 1. The van der Waals surface area contributed by atoms with Crippen LogP contribution in [-0.2, 0) is 23.8 Å². The number of aliphatic hydroxyl groups is 3. The van der Waals surface area contributed by atoms with Gasteiger partial charge < -0.3 is 50.3 Å². The molecule has 1 saturated heterocycles. The van der Waals surface area contributed by atoms with Gasteiger partial charge in [0.05, 0.1) is 6.10 Å². The molecule has 1 aliphatic carbocycles. The van der Waals surface area contributed by atoms with Crippen molar-refractivity contribution >= 4 is 34.4 Å². The first-order valence-corrected chi connectivity index (χ1v) is 14.8. The number of carbonyl (C=O) groups is 3. The lowest BCUT2D eigenvalue weighted by atomic mass is 9.96. The van der Waals surface area contributed by atoms with Crippen LogP contribution < -0.4 is 22.0 Å². The highest BCUT2D eigenvalue weighted by Gasteiger charge is 2.45. The van der Waals surface area contributed by atoms with Crippen LogP contribution in [0.2, 0.25) is 0 Å². The van der Waals surface area contributed by atoms with E-state index in [2.05, 4.69) is 10.6 Å². The molecule has 45 heavy (non-hydrogen) atoms. The van der Waals surface area contributed by atoms with Gasteiger partial charge in [0.2, 0.25) is 5.91 Å². The predicted molar refractivity (Wildman–Crippen MR) is 159 cm³/mol. The summed E-state index contributed by atoms with van der Waals surface area (Å²) in [6.45, 7) is 1.83. The number of aliphatic hydroxyl groups excluding tert-OH is 3. The largest absolute Gasteiger partial charge is 0.454 e. The van der Waals surface area contributed by atoms with Crippen LogP contribution in [0.1, 0.15) is 48.0 Å². The molecule has 3 aliphatic rings. The summed E-state index contributed by atoms with van der Waals surface area (Å²) in [5, 5.41) is 37.2. The van der Waals surface area contributed by atoms with Gasteiger partial charge in [-0.15, -0.1) is 0 Å². The number of unbranched alkanes of at least 4 members (excludes halogenated alkanes) is 2. The number of nitrogens with two attached hydrogens (primary N) is 1. The molecular formula is C31H37N3O11. The lowest BCUT2D eigenvalue weighted by Gasteiger charge is -2.41. The molecule has 0 saturated carbocycles. The molecule has 0 radical (unpaired) electrons. The van der Waals surface area contributed by atoms with Gasteiger partial charge in [-0.25, -0.2) is 9.59 Å². The quantitative estimate of drug-likeness (QED) is 0.0845. The van der Waals surface area contributed by atoms with Crippen LogP contribution in [0.15, 0.2) is 51.2 Å². The number of nitrogen functional groups attached to an aromatic ring is 1. The number of carbonyl (C=O) groups excluding carboxylic acids is 3. The Hall–Kier alpha value is -4.08. The highest BCUT2D eigenvalue weighted by molar-refractivity contribution is 5.99. The number of esters is 1. The van der Waals surface area contributed by atoms with E-state index in [0.717, 1.165) is 5.57 Å². The Labute approximate surface area is 257 Å². The summed E-state index contributed by atoms with van der Waals surface area (Å²) >= 11 is 0. The van der Waals surface area contributed by atoms with Crippen molar-refractivity contribution in [1.82, 2.24) is 10.6 Å². The summed E-state index contributed by atoms with van der Waals surface area (Å²) in [6.07, 6.45) is -1.02. The number of nitrogens with one attached hydrogen (secondary N) is 2. The highest BCUT2D eigenvalue weighted by Crippen LogP contribution is 2.30. The SMILES string of the molecule is Cc1c(C(=O)NCCCCCC(=O)NC[C@H]2O[C@@H](O[C@@H]3C=CC4=CC(=O)O[C@@H]4C3)[C@H](O)[C@@H](O)[C@H]2O)c(=O)oc2cc(N)ccc12. The Balaban J connectivity index is 1.02. The van der Waals surface area contributed by atoms with E-state index < -0.39 is 60.4 Å². The lowest BCUT2D eigenvalue weighted by molar-refractivity contribution is -0.303. The van der Waals surface area contributed by atoms with Gasteiger partial charge in [0, 0.05) is 49.1 Å². The molecule has 1 fully saturated rings. The molecule has 7 N–H and O–H groups in total. The van der Waals surface area contributed by atoms with Crippen LogP contribution in [0, 0.1) is 6.92 Å². The molecule has 3 heterocycles. The average molecular weight is 628 g/mol. The predicted octanol–water partition coefficient (Wildman–Crippen LogP) is 0.0945. The molecular weight excluding hydrogens is 590 g/mol. The fourth-order valence-corrected chi connectivity index (χ4v) is 5.61. The fraction of sp³-hybridized carbons (Fsp3) is 0.484. The molecule has 0 spiro atoms. The van der Waals surface area contributed by atoms with Gasteiger partial charge >= 0.3 is 11.6 Å². The van der Waals surface area contributed by atoms with E-state index in [1.54, 1.807) is 31.2 Å².